The smallest absolute Gasteiger partial charge is 0.329 e. The number of carbonyl (C=O) groups is 3. The quantitative estimate of drug-likeness (QED) is 0.327. The molecule has 1 saturated heterocycles. The van der Waals surface area contributed by atoms with Crippen LogP contribution in [0.3, 0.4) is 0 Å². The zero-order valence-corrected chi connectivity index (χ0v) is 20.3. The van der Waals surface area contributed by atoms with Crippen molar-refractivity contribution in [2.75, 3.05) is 11.9 Å². The number of amides is 4. The molecule has 3 aromatic carbocycles. The van der Waals surface area contributed by atoms with Crippen LogP contribution in [-0.2, 0) is 16.2 Å². The lowest BCUT2D eigenvalue weighted by molar-refractivity contribution is -0.127. The van der Waals surface area contributed by atoms with Gasteiger partial charge in [0.15, 0.2) is 0 Å². The van der Waals surface area contributed by atoms with Crippen LogP contribution in [0.25, 0.3) is 6.08 Å². The molecular formula is C26H21BrFN3O4. The molecule has 9 heteroatoms. The van der Waals surface area contributed by atoms with E-state index in [1.54, 1.807) is 48.5 Å². The van der Waals surface area contributed by atoms with Crippen LogP contribution in [0.5, 0.6) is 5.75 Å². The molecule has 4 rings (SSSR count). The van der Waals surface area contributed by atoms with E-state index >= 15 is 0 Å². The zero-order chi connectivity index (χ0) is 24.9. The van der Waals surface area contributed by atoms with Crippen molar-refractivity contribution in [3.05, 3.63) is 99.4 Å². The molecule has 4 amide bonds. The number of benzene rings is 3. The maximum absolute atomic E-state index is 14.0. The molecular weight excluding hydrogens is 517 g/mol. The Bertz CT molecular complexity index is 1320. The van der Waals surface area contributed by atoms with E-state index in [0.29, 0.717) is 27.0 Å². The molecule has 35 heavy (non-hydrogen) atoms. The van der Waals surface area contributed by atoms with Gasteiger partial charge in [-0.15, -0.1) is 0 Å². The average Bonchev–Trinajstić information content (AvgIpc) is 3.08. The second-order valence-electron chi connectivity index (χ2n) is 7.86. The second-order valence-corrected chi connectivity index (χ2v) is 8.77. The summed E-state index contributed by atoms with van der Waals surface area (Å²) in [5, 5.41) is 5.16. The highest BCUT2D eigenvalue weighted by Crippen LogP contribution is 2.27. The highest BCUT2D eigenvalue weighted by atomic mass is 79.9. The van der Waals surface area contributed by atoms with Crippen molar-refractivity contribution in [3.8, 4) is 5.75 Å². The lowest BCUT2D eigenvalue weighted by Crippen LogP contribution is -2.38. The number of nitrogens with zero attached hydrogens (tertiary/aromatic N) is 1. The van der Waals surface area contributed by atoms with Gasteiger partial charge in [0.1, 0.15) is 30.4 Å². The Morgan fingerprint density at radius 1 is 1.11 bits per heavy atom. The summed E-state index contributed by atoms with van der Waals surface area (Å²) >= 11 is 3.38. The van der Waals surface area contributed by atoms with Crippen LogP contribution in [0.1, 0.15) is 16.7 Å². The van der Waals surface area contributed by atoms with Crippen LogP contribution >= 0.6 is 15.9 Å². The molecule has 0 bridgehead atoms. The monoisotopic (exact) mass is 537 g/mol. The third-order valence-corrected chi connectivity index (χ3v) is 5.71. The van der Waals surface area contributed by atoms with Gasteiger partial charge in [-0.1, -0.05) is 51.8 Å². The number of aryl methyl sites for hydroxylation is 1. The predicted molar refractivity (Wildman–Crippen MR) is 133 cm³/mol. The molecule has 1 aliphatic heterocycles. The Labute approximate surface area is 209 Å². The lowest BCUT2D eigenvalue weighted by Gasteiger charge is -2.12. The number of rotatable bonds is 7. The van der Waals surface area contributed by atoms with Crippen LogP contribution in [0, 0.1) is 12.7 Å². The summed E-state index contributed by atoms with van der Waals surface area (Å²) in [6, 6.07) is 17.8. The Morgan fingerprint density at radius 3 is 2.60 bits per heavy atom. The van der Waals surface area contributed by atoms with E-state index in [1.807, 2.05) is 19.1 Å². The highest BCUT2D eigenvalue weighted by Gasteiger charge is 2.35. The average molecular weight is 538 g/mol. The Balaban J connectivity index is 1.48. The molecule has 0 aliphatic carbocycles. The van der Waals surface area contributed by atoms with Gasteiger partial charge in [0.25, 0.3) is 5.91 Å². The summed E-state index contributed by atoms with van der Waals surface area (Å²) in [4.78, 5) is 38.5. The maximum atomic E-state index is 14.0. The summed E-state index contributed by atoms with van der Waals surface area (Å²) in [7, 11) is 0. The molecule has 3 aromatic rings. The molecule has 7 nitrogen and oxygen atoms in total. The van der Waals surface area contributed by atoms with Crippen LogP contribution in [-0.4, -0.2) is 29.3 Å². The topological polar surface area (TPSA) is 87.7 Å². The molecule has 1 fully saturated rings. The summed E-state index contributed by atoms with van der Waals surface area (Å²) in [5.41, 5.74) is 2.47. The maximum Gasteiger partial charge on any atom is 0.329 e. The van der Waals surface area contributed by atoms with Gasteiger partial charge in [-0.3, -0.25) is 9.59 Å². The van der Waals surface area contributed by atoms with Gasteiger partial charge in [0, 0.05) is 21.3 Å². The van der Waals surface area contributed by atoms with Crippen molar-refractivity contribution >= 4 is 45.5 Å². The van der Waals surface area contributed by atoms with E-state index < -0.39 is 24.4 Å². The molecule has 2 N–H and O–H groups in total. The van der Waals surface area contributed by atoms with Crippen LogP contribution < -0.4 is 15.4 Å². The van der Waals surface area contributed by atoms with Crippen molar-refractivity contribution in [2.24, 2.45) is 0 Å². The van der Waals surface area contributed by atoms with E-state index in [0.717, 1.165) is 10.5 Å². The normalized spacial score (nSPS) is 14.3. The Morgan fingerprint density at radius 2 is 1.86 bits per heavy atom. The number of ether oxygens (including phenoxy) is 1. The van der Waals surface area contributed by atoms with E-state index in [2.05, 4.69) is 26.6 Å². The van der Waals surface area contributed by atoms with Gasteiger partial charge in [0.05, 0.1) is 0 Å². The first kappa shape index (κ1) is 24.2. The molecule has 0 unspecified atom stereocenters. The fourth-order valence-electron chi connectivity index (χ4n) is 3.39. The van der Waals surface area contributed by atoms with Crippen molar-refractivity contribution < 1.29 is 23.5 Å². The summed E-state index contributed by atoms with van der Waals surface area (Å²) in [5.74, 6) is -1.15. The van der Waals surface area contributed by atoms with Crippen molar-refractivity contribution in [1.29, 1.82) is 0 Å². The number of hydrogen-bond acceptors (Lipinski definition) is 4. The minimum atomic E-state index is -0.705. The molecule has 1 aliphatic rings. The fraction of sp³-hybridized carbons (Fsp3) is 0.115. The van der Waals surface area contributed by atoms with Crippen LogP contribution in [0.4, 0.5) is 14.9 Å². The number of anilines is 1. The SMILES string of the molecule is Cc1ccc(NC(=O)CN2C(=O)N/C(=C/c3cc(Br)ccc3OCc3ccccc3F)C2=O)cc1. The molecule has 0 saturated carbocycles. The highest BCUT2D eigenvalue weighted by molar-refractivity contribution is 9.10. The number of carbonyl (C=O) groups excluding carboxylic acids is 3. The molecule has 0 aromatic heterocycles. The predicted octanol–water partition coefficient (Wildman–Crippen LogP) is 5.01. The first-order valence-electron chi connectivity index (χ1n) is 10.7. The number of imide groups is 1. The molecule has 0 atom stereocenters. The van der Waals surface area contributed by atoms with Crippen LogP contribution in [0.15, 0.2) is 76.9 Å². The molecule has 1 heterocycles. The van der Waals surface area contributed by atoms with Gasteiger partial charge >= 0.3 is 6.03 Å². The van der Waals surface area contributed by atoms with Gasteiger partial charge in [-0.2, -0.15) is 0 Å². The van der Waals surface area contributed by atoms with Crippen molar-refractivity contribution in [1.82, 2.24) is 10.2 Å². The van der Waals surface area contributed by atoms with Crippen LogP contribution in [0.2, 0.25) is 0 Å². The van der Waals surface area contributed by atoms with E-state index in [4.69, 9.17) is 4.74 Å². The molecule has 0 spiro atoms. The number of halogens is 2. The van der Waals surface area contributed by atoms with Crippen molar-refractivity contribution in [3.63, 3.8) is 0 Å². The minimum Gasteiger partial charge on any atom is -0.488 e. The fourth-order valence-corrected chi connectivity index (χ4v) is 3.77. The van der Waals surface area contributed by atoms with E-state index in [1.165, 1.54) is 12.1 Å². The minimum absolute atomic E-state index is 0.00743. The van der Waals surface area contributed by atoms with Gasteiger partial charge < -0.3 is 15.4 Å². The van der Waals surface area contributed by atoms with E-state index in [-0.39, 0.29) is 18.1 Å². The number of nitrogens with one attached hydrogen (secondary N) is 2. The summed E-state index contributed by atoms with van der Waals surface area (Å²) in [6.07, 6.45) is 1.46. The van der Waals surface area contributed by atoms with Gasteiger partial charge in [0.2, 0.25) is 5.91 Å². The standard InChI is InChI=1S/C26H21BrFN3O4/c1-16-6-9-20(10-7-16)29-24(32)14-31-25(33)22(30-26(31)34)13-18-12-19(27)8-11-23(18)35-15-17-4-2-3-5-21(17)28/h2-13H,14-15H2,1H3,(H,29,32)(H,30,34)/b22-13+. The molecule has 0 radical (unpaired) electrons. The third kappa shape index (κ3) is 5.93. The lowest BCUT2D eigenvalue weighted by atomic mass is 10.1. The third-order valence-electron chi connectivity index (χ3n) is 5.21. The van der Waals surface area contributed by atoms with Crippen molar-refractivity contribution in [2.45, 2.75) is 13.5 Å². The number of urea groups is 1. The number of hydrogen-bond donors (Lipinski definition) is 2. The second kappa shape index (κ2) is 10.5. The Kier molecular flexibility index (Phi) is 7.26. The Hall–Kier alpha value is -3.98. The largest absolute Gasteiger partial charge is 0.488 e. The van der Waals surface area contributed by atoms with E-state index in [9.17, 15) is 18.8 Å². The zero-order valence-electron chi connectivity index (χ0n) is 18.7. The summed E-state index contributed by atoms with van der Waals surface area (Å²) < 4.78 is 20.5. The van der Waals surface area contributed by atoms with Gasteiger partial charge in [-0.25, -0.2) is 14.1 Å². The summed E-state index contributed by atoms with van der Waals surface area (Å²) in [6.45, 7) is 1.47. The first-order valence-corrected chi connectivity index (χ1v) is 11.5. The first-order chi connectivity index (χ1) is 16.8. The van der Waals surface area contributed by atoms with Gasteiger partial charge in [-0.05, 0) is 49.4 Å². The molecule has 178 valence electrons.